The molecule has 116 valence electrons. The number of carbonyl (C=O) groups is 3. The predicted molar refractivity (Wildman–Crippen MR) is 80.0 cm³/mol. The molecule has 2 aromatic rings. The molecule has 0 saturated heterocycles. The molecule has 2 aromatic carbocycles. The zero-order valence-electron chi connectivity index (χ0n) is 11.8. The van der Waals surface area contributed by atoms with Crippen molar-refractivity contribution in [1.29, 1.82) is 0 Å². The van der Waals surface area contributed by atoms with Crippen LogP contribution in [0.1, 0.15) is 20.7 Å². The van der Waals surface area contributed by atoms with E-state index in [4.69, 9.17) is 0 Å². The van der Waals surface area contributed by atoms with Crippen LogP contribution in [-0.4, -0.2) is 41.1 Å². The maximum atomic E-state index is 12.5. The van der Waals surface area contributed by atoms with Crippen LogP contribution in [0.25, 0.3) is 10.8 Å². The van der Waals surface area contributed by atoms with E-state index >= 15 is 0 Å². The first-order valence-corrected chi connectivity index (χ1v) is 6.79. The summed E-state index contributed by atoms with van der Waals surface area (Å²) in [6, 6.07) is 7.33. The fourth-order valence-corrected chi connectivity index (χ4v) is 2.69. The van der Waals surface area contributed by atoms with Crippen LogP contribution in [-0.2, 0) is 4.79 Å². The zero-order chi connectivity index (χ0) is 16.6. The molecule has 8 nitrogen and oxygen atoms in total. The predicted octanol–water partition coefficient (Wildman–Crippen LogP) is 1.09. The van der Waals surface area contributed by atoms with Gasteiger partial charge in [0.05, 0.1) is 10.5 Å². The summed E-state index contributed by atoms with van der Waals surface area (Å²) in [5, 5.41) is 14.3. The van der Waals surface area contributed by atoms with Crippen molar-refractivity contribution in [2.75, 3.05) is 13.1 Å². The number of nitro benzene ring substituents is 1. The summed E-state index contributed by atoms with van der Waals surface area (Å²) in [6.07, 6.45) is 0.471. The molecule has 0 bridgehead atoms. The molecule has 0 atom stereocenters. The molecule has 1 aliphatic heterocycles. The number of imide groups is 1. The van der Waals surface area contributed by atoms with Gasteiger partial charge in [0.2, 0.25) is 6.41 Å². The number of nitrogens with zero attached hydrogens (tertiary/aromatic N) is 2. The highest BCUT2D eigenvalue weighted by Gasteiger charge is 2.33. The Labute approximate surface area is 129 Å². The van der Waals surface area contributed by atoms with Gasteiger partial charge in [0, 0.05) is 36.2 Å². The molecule has 0 fully saturated rings. The standard InChI is InChI=1S/C15H11N3O5/c19-8-16-4-5-17-14(20)11-3-1-2-9-6-10(18(22)23)7-12(13(9)11)15(17)21/h1-3,6-8H,4-5H2,(H,16,19). The maximum absolute atomic E-state index is 12.5. The number of nitro groups is 1. The van der Waals surface area contributed by atoms with Gasteiger partial charge in [-0.1, -0.05) is 12.1 Å². The lowest BCUT2D eigenvalue weighted by molar-refractivity contribution is -0.384. The molecule has 1 aliphatic rings. The Morgan fingerprint density at radius 2 is 1.91 bits per heavy atom. The minimum Gasteiger partial charge on any atom is -0.357 e. The second-order valence-electron chi connectivity index (χ2n) is 4.99. The molecule has 0 saturated carbocycles. The highest BCUT2D eigenvalue weighted by molar-refractivity contribution is 6.25. The van der Waals surface area contributed by atoms with Crippen LogP contribution < -0.4 is 5.32 Å². The van der Waals surface area contributed by atoms with Gasteiger partial charge in [-0.25, -0.2) is 0 Å². The van der Waals surface area contributed by atoms with Gasteiger partial charge < -0.3 is 5.32 Å². The molecule has 0 radical (unpaired) electrons. The fourth-order valence-electron chi connectivity index (χ4n) is 2.69. The van der Waals surface area contributed by atoms with Crippen molar-refractivity contribution >= 4 is 34.7 Å². The summed E-state index contributed by atoms with van der Waals surface area (Å²) in [7, 11) is 0. The molecule has 3 rings (SSSR count). The largest absolute Gasteiger partial charge is 0.357 e. The maximum Gasteiger partial charge on any atom is 0.270 e. The average molecular weight is 313 g/mol. The van der Waals surface area contributed by atoms with Gasteiger partial charge in [0.25, 0.3) is 17.5 Å². The average Bonchev–Trinajstić information content (AvgIpc) is 2.55. The van der Waals surface area contributed by atoms with Crippen LogP contribution in [0.2, 0.25) is 0 Å². The molecule has 0 spiro atoms. The molecule has 0 aromatic heterocycles. The van der Waals surface area contributed by atoms with E-state index in [1.807, 2.05) is 0 Å². The molecular weight excluding hydrogens is 302 g/mol. The van der Waals surface area contributed by atoms with Crippen molar-refractivity contribution in [3.63, 3.8) is 0 Å². The Morgan fingerprint density at radius 3 is 2.61 bits per heavy atom. The molecular formula is C15H11N3O5. The highest BCUT2D eigenvalue weighted by atomic mass is 16.6. The third-order valence-corrected chi connectivity index (χ3v) is 3.69. The summed E-state index contributed by atoms with van der Waals surface area (Å²) < 4.78 is 0. The number of hydrogen-bond donors (Lipinski definition) is 1. The summed E-state index contributed by atoms with van der Waals surface area (Å²) in [5.74, 6) is -1.08. The van der Waals surface area contributed by atoms with Crippen molar-refractivity contribution in [3.8, 4) is 0 Å². The van der Waals surface area contributed by atoms with Gasteiger partial charge in [-0.15, -0.1) is 0 Å². The summed E-state index contributed by atoms with van der Waals surface area (Å²) in [5.41, 5.74) is 0.229. The third-order valence-electron chi connectivity index (χ3n) is 3.69. The van der Waals surface area contributed by atoms with Gasteiger partial charge in [-0.2, -0.15) is 0 Å². The molecule has 0 unspecified atom stereocenters. The Bertz CT molecular complexity index is 862. The number of non-ortho nitro benzene ring substituents is 1. The van der Waals surface area contributed by atoms with Crippen LogP contribution in [0.3, 0.4) is 0 Å². The molecule has 23 heavy (non-hydrogen) atoms. The molecule has 3 amide bonds. The quantitative estimate of drug-likeness (QED) is 0.292. The van der Waals surface area contributed by atoms with Gasteiger partial charge in [-0.3, -0.25) is 29.4 Å². The first kappa shape index (κ1) is 14.6. The van der Waals surface area contributed by atoms with Crippen molar-refractivity contribution < 1.29 is 19.3 Å². The number of hydrogen-bond acceptors (Lipinski definition) is 5. The van der Waals surface area contributed by atoms with Crippen molar-refractivity contribution in [2.24, 2.45) is 0 Å². The van der Waals surface area contributed by atoms with E-state index in [9.17, 15) is 24.5 Å². The minimum atomic E-state index is -0.602. The van der Waals surface area contributed by atoms with Crippen molar-refractivity contribution in [1.82, 2.24) is 10.2 Å². The number of rotatable bonds is 5. The first-order valence-electron chi connectivity index (χ1n) is 6.79. The van der Waals surface area contributed by atoms with Crippen molar-refractivity contribution in [3.05, 3.63) is 51.6 Å². The van der Waals surface area contributed by atoms with Crippen LogP contribution in [0, 0.1) is 10.1 Å². The van der Waals surface area contributed by atoms with E-state index in [1.54, 1.807) is 18.2 Å². The third kappa shape index (κ3) is 2.30. The van der Waals surface area contributed by atoms with Gasteiger partial charge >= 0.3 is 0 Å². The molecule has 1 heterocycles. The summed E-state index contributed by atoms with van der Waals surface area (Å²) in [4.78, 5) is 46.8. The van der Waals surface area contributed by atoms with Crippen LogP contribution in [0.15, 0.2) is 30.3 Å². The Morgan fingerprint density at radius 1 is 1.17 bits per heavy atom. The van der Waals surface area contributed by atoms with E-state index in [-0.39, 0.29) is 24.3 Å². The Hall–Kier alpha value is -3.29. The minimum absolute atomic E-state index is 0.00503. The molecule has 0 aliphatic carbocycles. The number of amides is 3. The lowest BCUT2D eigenvalue weighted by atomic mass is 9.93. The molecule has 8 heteroatoms. The summed E-state index contributed by atoms with van der Waals surface area (Å²) in [6.45, 7) is 0.107. The van der Waals surface area contributed by atoms with Gasteiger partial charge in [0.1, 0.15) is 0 Å². The van der Waals surface area contributed by atoms with E-state index in [0.717, 1.165) is 4.90 Å². The van der Waals surface area contributed by atoms with Crippen molar-refractivity contribution in [2.45, 2.75) is 0 Å². The number of nitrogens with one attached hydrogen (secondary N) is 1. The van der Waals surface area contributed by atoms with E-state index in [1.165, 1.54) is 12.1 Å². The smallest absolute Gasteiger partial charge is 0.270 e. The van der Waals surface area contributed by atoms with E-state index < -0.39 is 16.7 Å². The van der Waals surface area contributed by atoms with E-state index in [2.05, 4.69) is 5.32 Å². The number of carbonyl (C=O) groups excluding carboxylic acids is 3. The Balaban J connectivity index is 2.17. The monoisotopic (exact) mass is 313 g/mol. The van der Waals surface area contributed by atoms with Crippen LogP contribution in [0.4, 0.5) is 5.69 Å². The number of benzene rings is 2. The van der Waals surface area contributed by atoms with Crippen LogP contribution >= 0.6 is 0 Å². The Kier molecular flexibility index (Phi) is 3.49. The second kappa shape index (κ2) is 5.48. The topological polar surface area (TPSA) is 110 Å². The van der Waals surface area contributed by atoms with Gasteiger partial charge in [0.15, 0.2) is 0 Å². The second-order valence-corrected chi connectivity index (χ2v) is 4.99. The SMILES string of the molecule is O=CNCCN1C(=O)c2cccc3cc([N+](=O)[O-])cc(c23)C1=O. The molecule has 1 N–H and O–H groups in total. The van der Waals surface area contributed by atoms with Gasteiger partial charge in [-0.05, 0) is 11.5 Å². The zero-order valence-corrected chi connectivity index (χ0v) is 11.8. The lowest BCUT2D eigenvalue weighted by Crippen LogP contribution is -2.43. The lowest BCUT2D eigenvalue weighted by Gasteiger charge is -2.26. The normalized spacial score (nSPS) is 13.3. The highest BCUT2D eigenvalue weighted by Crippen LogP contribution is 2.33. The van der Waals surface area contributed by atoms with E-state index in [0.29, 0.717) is 22.7 Å². The van der Waals surface area contributed by atoms with Crippen LogP contribution in [0.5, 0.6) is 0 Å². The fraction of sp³-hybridized carbons (Fsp3) is 0.133. The first-order chi connectivity index (χ1) is 11.0. The summed E-state index contributed by atoms with van der Waals surface area (Å²) >= 11 is 0.